The zero-order chi connectivity index (χ0) is 16.0. The first-order chi connectivity index (χ1) is 9.80. The summed E-state index contributed by atoms with van der Waals surface area (Å²) in [5, 5.41) is 29.0. The van der Waals surface area contributed by atoms with Crippen LogP contribution in [0, 0.1) is 17.8 Å². The van der Waals surface area contributed by atoms with Crippen molar-refractivity contribution in [1.82, 2.24) is 4.72 Å². The predicted molar refractivity (Wildman–Crippen MR) is 81.2 cm³/mol. The molecule has 0 aromatic heterocycles. The lowest BCUT2D eigenvalue weighted by molar-refractivity contribution is 0.0685. The number of aliphatic hydroxyl groups is 3. The maximum absolute atomic E-state index is 11.2. The fourth-order valence-corrected chi connectivity index (χ4v) is 3.85. The third-order valence-corrected chi connectivity index (χ3v) is 5.07. The Kier molecular flexibility index (Phi) is 7.12. The number of hydrogen-bond donors (Lipinski definition) is 4. The molecule has 0 radical (unpaired) electrons. The van der Waals surface area contributed by atoms with Crippen molar-refractivity contribution in [3.05, 3.63) is 12.3 Å². The first-order valence-corrected chi connectivity index (χ1v) is 9.29. The van der Waals surface area contributed by atoms with Gasteiger partial charge in [-0.2, -0.15) is 0 Å². The number of hydrogen-bond acceptors (Lipinski definition) is 5. The van der Waals surface area contributed by atoms with E-state index in [-0.39, 0.29) is 30.7 Å². The van der Waals surface area contributed by atoms with Gasteiger partial charge in [-0.25, -0.2) is 13.1 Å². The standard InChI is InChI=1S/C14H27NO5S/c1-3-10(6-4-5-7-16)14-11(9-15-21(2,19)20)12(17)8-13(14)18/h5,7,10-18H,3-4,6,8-9H2,1-2H3/t10?,11-,12-,13?,14?/m1/s1. The van der Waals surface area contributed by atoms with Crippen LogP contribution in [0.5, 0.6) is 0 Å². The Labute approximate surface area is 126 Å². The average molecular weight is 321 g/mol. The summed E-state index contributed by atoms with van der Waals surface area (Å²) in [6, 6.07) is 0. The Bertz CT molecular complexity index is 437. The topological polar surface area (TPSA) is 107 Å². The van der Waals surface area contributed by atoms with E-state index in [0.29, 0.717) is 6.42 Å². The van der Waals surface area contributed by atoms with Crippen LogP contribution in [0.4, 0.5) is 0 Å². The van der Waals surface area contributed by atoms with Gasteiger partial charge in [-0.1, -0.05) is 19.4 Å². The van der Waals surface area contributed by atoms with Crippen LogP contribution >= 0.6 is 0 Å². The fourth-order valence-electron chi connectivity index (χ4n) is 3.36. The molecule has 3 unspecified atom stereocenters. The minimum atomic E-state index is -3.32. The van der Waals surface area contributed by atoms with Crippen molar-refractivity contribution in [3.8, 4) is 0 Å². The van der Waals surface area contributed by atoms with Crippen molar-refractivity contribution in [2.24, 2.45) is 17.8 Å². The molecule has 1 rings (SSSR count). The molecule has 0 spiro atoms. The highest BCUT2D eigenvalue weighted by Crippen LogP contribution is 2.40. The van der Waals surface area contributed by atoms with Gasteiger partial charge < -0.3 is 15.3 Å². The van der Waals surface area contributed by atoms with Gasteiger partial charge in [0.2, 0.25) is 10.0 Å². The summed E-state index contributed by atoms with van der Waals surface area (Å²) in [6.45, 7) is 2.17. The Morgan fingerprint density at radius 2 is 2.00 bits per heavy atom. The van der Waals surface area contributed by atoms with Crippen LogP contribution in [-0.2, 0) is 10.0 Å². The number of allylic oxidation sites excluding steroid dienone is 1. The summed E-state index contributed by atoms with van der Waals surface area (Å²) < 4.78 is 24.9. The summed E-state index contributed by atoms with van der Waals surface area (Å²) in [7, 11) is -3.32. The van der Waals surface area contributed by atoms with Crippen LogP contribution < -0.4 is 4.72 Å². The van der Waals surface area contributed by atoms with E-state index in [0.717, 1.165) is 25.4 Å². The second kappa shape index (κ2) is 8.12. The summed E-state index contributed by atoms with van der Waals surface area (Å²) in [5.74, 6) is -0.233. The van der Waals surface area contributed by atoms with E-state index in [1.807, 2.05) is 6.92 Å². The van der Waals surface area contributed by atoms with Crippen LogP contribution in [0.2, 0.25) is 0 Å². The highest BCUT2D eigenvalue weighted by atomic mass is 32.2. The molecule has 0 aromatic carbocycles. The van der Waals surface area contributed by atoms with E-state index >= 15 is 0 Å². The van der Waals surface area contributed by atoms with Gasteiger partial charge >= 0.3 is 0 Å². The molecule has 21 heavy (non-hydrogen) atoms. The molecule has 124 valence electrons. The number of rotatable bonds is 8. The lowest BCUT2D eigenvalue weighted by atomic mass is 9.78. The minimum absolute atomic E-state index is 0.133. The number of nitrogens with one attached hydrogen (secondary N) is 1. The summed E-state index contributed by atoms with van der Waals surface area (Å²) in [4.78, 5) is 0. The van der Waals surface area contributed by atoms with Crippen molar-refractivity contribution < 1.29 is 23.7 Å². The first-order valence-electron chi connectivity index (χ1n) is 7.40. The van der Waals surface area contributed by atoms with Gasteiger partial charge in [0, 0.05) is 12.5 Å². The highest BCUT2D eigenvalue weighted by Gasteiger charge is 2.44. The van der Waals surface area contributed by atoms with Gasteiger partial charge in [-0.15, -0.1) is 0 Å². The Balaban J connectivity index is 2.77. The van der Waals surface area contributed by atoms with Crippen LogP contribution in [0.15, 0.2) is 12.3 Å². The SMILES string of the molecule is CCC(CCC=CO)C1C(O)C[C@@H](O)[C@H]1CNS(C)(=O)=O. The van der Waals surface area contributed by atoms with Crippen molar-refractivity contribution in [2.45, 2.75) is 44.8 Å². The van der Waals surface area contributed by atoms with Crippen molar-refractivity contribution in [2.75, 3.05) is 12.8 Å². The van der Waals surface area contributed by atoms with E-state index in [4.69, 9.17) is 5.11 Å². The fraction of sp³-hybridized carbons (Fsp3) is 0.857. The molecule has 0 amide bonds. The molecule has 4 N–H and O–H groups in total. The van der Waals surface area contributed by atoms with Gasteiger partial charge in [-0.3, -0.25) is 0 Å². The van der Waals surface area contributed by atoms with E-state index < -0.39 is 22.2 Å². The van der Waals surface area contributed by atoms with Gasteiger partial charge in [0.05, 0.1) is 24.7 Å². The van der Waals surface area contributed by atoms with E-state index in [1.165, 1.54) is 0 Å². The van der Waals surface area contributed by atoms with Crippen LogP contribution in [-0.4, -0.2) is 48.7 Å². The monoisotopic (exact) mass is 321 g/mol. The molecule has 1 aliphatic rings. The predicted octanol–water partition coefficient (Wildman–Crippen LogP) is 0.772. The largest absolute Gasteiger partial charge is 0.516 e. The van der Waals surface area contributed by atoms with Crippen LogP contribution in [0.25, 0.3) is 0 Å². The van der Waals surface area contributed by atoms with Gasteiger partial charge in [0.25, 0.3) is 0 Å². The molecule has 0 saturated heterocycles. The average Bonchev–Trinajstić information content (AvgIpc) is 2.66. The zero-order valence-corrected chi connectivity index (χ0v) is 13.5. The molecular weight excluding hydrogens is 294 g/mol. The van der Waals surface area contributed by atoms with Crippen LogP contribution in [0.1, 0.15) is 32.6 Å². The number of aliphatic hydroxyl groups excluding tert-OH is 3. The molecular formula is C14H27NO5S. The lowest BCUT2D eigenvalue weighted by Gasteiger charge is -2.30. The van der Waals surface area contributed by atoms with E-state index in [1.54, 1.807) is 6.08 Å². The highest BCUT2D eigenvalue weighted by molar-refractivity contribution is 7.88. The molecule has 6 nitrogen and oxygen atoms in total. The van der Waals surface area contributed by atoms with E-state index in [9.17, 15) is 18.6 Å². The summed E-state index contributed by atoms with van der Waals surface area (Å²) in [5.41, 5.74) is 0. The summed E-state index contributed by atoms with van der Waals surface area (Å²) in [6.07, 6.45) is 5.05. The molecule has 1 aliphatic carbocycles. The number of sulfonamides is 1. The van der Waals surface area contributed by atoms with Crippen LogP contribution in [0.3, 0.4) is 0 Å². The molecule has 0 bridgehead atoms. The normalized spacial score (nSPS) is 31.8. The minimum Gasteiger partial charge on any atom is -0.516 e. The second-order valence-electron chi connectivity index (χ2n) is 5.86. The van der Waals surface area contributed by atoms with Crippen molar-refractivity contribution in [1.29, 1.82) is 0 Å². The van der Waals surface area contributed by atoms with Gasteiger partial charge in [-0.05, 0) is 31.1 Å². The van der Waals surface area contributed by atoms with Crippen molar-refractivity contribution in [3.63, 3.8) is 0 Å². The first kappa shape index (κ1) is 18.4. The third kappa shape index (κ3) is 5.58. The molecule has 5 atom stereocenters. The smallest absolute Gasteiger partial charge is 0.208 e. The summed E-state index contributed by atoms with van der Waals surface area (Å²) >= 11 is 0. The maximum atomic E-state index is 11.2. The maximum Gasteiger partial charge on any atom is 0.208 e. The quantitative estimate of drug-likeness (QED) is 0.494. The lowest BCUT2D eigenvalue weighted by Crippen LogP contribution is -2.38. The molecule has 7 heteroatoms. The van der Waals surface area contributed by atoms with Gasteiger partial charge in [0.1, 0.15) is 0 Å². The third-order valence-electron chi connectivity index (χ3n) is 4.38. The van der Waals surface area contributed by atoms with Crippen molar-refractivity contribution >= 4 is 10.0 Å². The van der Waals surface area contributed by atoms with E-state index in [2.05, 4.69) is 4.72 Å². The molecule has 1 saturated carbocycles. The Morgan fingerprint density at radius 1 is 1.33 bits per heavy atom. The van der Waals surface area contributed by atoms with Gasteiger partial charge in [0.15, 0.2) is 0 Å². The molecule has 0 heterocycles. The Morgan fingerprint density at radius 3 is 2.52 bits per heavy atom. The Hall–Kier alpha value is -0.630. The molecule has 1 fully saturated rings. The zero-order valence-electron chi connectivity index (χ0n) is 12.6. The molecule has 0 aliphatic heterocycles. The molecule has 0 aromatic rings. The second-order valence-corrected chi connectivity index (χ2v) is 7.70.